The molecule has 0 unspecified atom stereocenters. The molecule has 0 saturated carbocycles. The highest BCUT2D eigenvalue weighted by Gasteiger charge is 2.32. The Morgan fingerprint density at radius 1 is 1.04 bits per heavy atom. The van der Waals surface area contributed by atoms with Crippen molar-refractivity contribution in [1.29, 1.82) is 0 Å². The number of H-pyrrole nitrogens is 1. The van der Waals surface area contributed by atoms with Crippen LogP contribution in [0.25, 0.3) is 10.9 Å². The summed E-state index contributed by atoms with van der Waals surface area (Å²) in [5, 5.41) is 3.46. The second-order valence-electron chi connectivity index (χ2n) is 6.88. The van der Waals surface area contributed by atoms with E-state index in [1.807, 2.05) is 30.3 Å². The van der Waals surface area contributed by atoms with E-state index in [-0.39, 0.29) is 24.7 Å². The van der Waals surface area contributed by atoms with Crippen LogP contribution in [0.2, 0.25) is 0 Å². The van der Waals surface area contributed by atoms with E-state index in [0.29, 0.717) is 17.5 Å². The zero-order valence-corrected chi connectivity index (χ0v) is 15.2. The van der Waals surface area contributed by atoms with Gasteiger partial charge in [0.05, 0.1) is 5.92 Å². The number of aromatic amines is 1. The number of piperidine rings is 1. The van der Waals surface area contributed by atoms with E-state index >= 15 is 0 Å². The van der Waals surface area contributed by atoms with Gasteiger partial charge in [-0.05, 0) is 12.5 Å². The first-order chi connectivity index (χ1) is 13.6. The highest BCUT2D eigenvalue weighted by Crippen LogP contribution is 2.28. The van der Waals surface area contributed by atoms with Gasteiger partial charge in [-0.1, -0.05) is 48.5 Å². The number of nitrogens with one attached hydrogen (secondary N) is 2. The molecule has 4 rings (SSSR count). The van der Waals surface area contributed by atoms with Crippen LogP contribution in [0.5, 0.6) is 0 Å². The number of fused-ring (bicyclic) bond motifs is 1. The van der Waals surface area contributed by atoms with Crippen molar-refractivity contribution in [3.63, 3.8) is 0 Å². The molecule has 1 saturated heterocycles. The predicted molar refractivity (Wildman–Crippen MR) is 104 cm³/mol. The van der Waals surface area contributed by atoms with E-state index in [2.05, 4.69) is 10.3 Å². The molecule has 0 radical (unpaired) electrons. The van der Waals surface area contributed by atoms with Gasteiger partial charge in [0.2, 0.25) is 11.7 Å². The third kappa shape index (κ3) is 3.53. The van der Waals surface area contributed by atoms with Gasteiger partial charge in [0.25, 0.3) is 0 Å². The molecule has 1 amide bonds. The normalized spacial score (nSPS) is 17.7. The molecule has 1 fully saturated rings. The molecule has 1 aliphatic heterocycles. The second kappa shape index (κ2) is 7.68. The van der Waals surface area contributed by atoms with Crippen molar-refractivity contribution in [1.82, 2.24) is 10.3 Å². The molecule has 0 aliphatic carbocycles. The lowest BCUT2D eigenvalue weighted by Gasteiger charge is -2.24. The van der Waals surface area contributed by atoms with Crippen LogP contribution in [0.1, 0.15) is 34.9 Å². The first-order valence-corrected chi connectivity index (χ1v) is 9.26. The average Bonchev–Trinajstić information content (AvgIpc) is 3.17. The molecular weight excluding hydrogens is 356 g/mol. The Hall–Kier alpha value is -3.41. The largest absolute Gasteiger partial charge is 0.449 e. The minimum absolute atomic E-state index is 0.0708. The maximum Gasteiger partial charge on any atom is 0.311 e. The topological polar surface area (TPSA) is 88.3 Å². The van der Waals surface area contributed by atoms with Crippen LogP contribution < -0.4 is 5.32 Å². The summed E-state index contributed by atoms with van der Waals surface area (Å²) in [5.41, 5.74) is 1.94. The van der Waals surface area contributed by atoms with Gasteiger partial charge >= 0.3 is 5.97 Å². The second-order valence-corrected chi connectivity index (χ2v) is 6.88. The molecule has 2 atom stereocenters. The van der Waals surface area contributed by atoms with E-state index in [1.165, 1.54) is 0 Å². The van der Waals surface area contributed by atoms with Gasteiger partial charge in [-0.2, -0.15) is 0 Å². The van der Waals surface area contributed by atoms with Crippen molar-refractivity contribution < 1.29 is 19.1 Å². The third-order valence-corrected chi connectivity index (χ3v) is 5.03. The quantitative estimate of drug-likeness (QED) is 0.529. The number of carbonyl (C=O) groups excluding carboxylic acids is 3. The fourth-order valence-electron chi connectivity index (χ4n) is 3.46. The molecule has 28 heavy (non-hydrogen) atoms. The molecule has 2 heterocycles. The average molecular weight is 376 g/mol. The number of esters is 1. The molecule has 1 aromatic heterocycles. The predicted octanol–water partition coefficient (Wildman–Crippen LogP) is 3.16. The summed E-state index contributed by atoms with van der Waals surface area (Å²) < 4.78 is 5.69. The number of Topliss-reactive ketones (excluding diaryl/α,β-unsaturated/α-hetero) is 1. The van der Waals surface area contributed by atoms with Crippen molar-refractivity contribution in [2.75, 3.05) is 6.54 Å². The van der Waals surface area contributed by atoms with Gasteiger partial charge in [0, 0.05) is 41.2 Å². The SMILES string of the molecule is O=C1CC[C@@H](C(=O)O[C@@H](C(=O)c2c[nH]c3ccccc23)c2ccccc2)CN1. The Kier molecular flexibility index (Phi) is 4.93. The van der Waals surface area contributed by atoms with Crippen LogP contribution in [-0.4, -0.2) is 29.2 Å². The van der Waals surface area contributed by atoms with E-state index in [0.717, 1.165) is 10.9 Å². The Bertz CT molecular complexity index is 1020. The fourth-order valence-corrected chi connectivity index (χ4v) is 3.46. The number of hydrogen-bond acceptors (Lipinski definition) is 4. The van der Waals surface area contributed by atoms with Gasteiger partial charge < -0.3 is 15.0 Å². The molecule has 6 nitrogen and oxygen atoms in total. The minimum Gasteiger partial charge on any atom is -0.449 e. The first kappa shape index (κ1) is 18.0. The number of para-hydroxylation sites is 1. The van der Waals surface area contributed by atoms with E-state index in [1.54, 1.807) is 30.5 Å². The monoisotopic (exact) mass is 376 g/mol. The first-order valence-electron chi connectivity index (χ1n) is 9.26. The van der Waals surface area contributed by atoms with Crippen LogP contribution in [0.3, 0.4) is 0 Å². The van der Waals surface area contributed by atoms with E-state index in [4.69, 9.17) is 4.74 Å². The molecular formula is C22H20N2O4. The van der Waals surface area contributed by atoms with Gasteiger partial charge in [-0.15, -0.1) is 0 Å². The molecule has 142 valence electrons. The van der Waals surface area contributed by atoms with Crippen molar-refractivity contribution in [2.45, 2.75) is 18.9 Å². The van der Waals surface area contributed by atoms with E-state index in [9.17, 15) is 14.4 Å². The highest BCUT2D eigenvalue weighted by molar-refractivity contribution is 6.10. The Morgan fingerprint density at radius 2 is 1.79 bits per heavy atom. The highest BCUT2D eigenvalue weighted by atomic mass is 16.5. The Balaban J connectivity index is 1.63. The summed E-state index contributed by atoms with van der Waals surface area (Å²) in [4.78, 5) is 40.4. The fraction of sp³-hybridized carbons (Fsp3) is 0.227. The van der Waals surface area contributed by atoms with Crippen LogP contribution in [0.4, 0.5) is 0 Å². The molecule has 0 spiro atoms. The summed E-state index contributed by atoms with van der Waals surface area (Å²) in [6.45, 7) is 0.237. The number of carbonyl (C=O) groups is 3. The molecule has 3 aromatic rings. The number of benzene rings is 2. The number of ketones is 1. The lowest BCUT2D eigenvalue weighted by atomic mass is 9.97. The van der Waals surface area contributed by atoms with Gasteiger partial charge in [0.15, 0.2) is 6.10 Å². The summed E-state index contributed by atoms with van der Waals surface area (Å²) >= 11 is 0. The number of rotatable bonds is 5. The van der Waals surface area contributed by atoms with Crippen molar-refractivity contribution >= 4 is 28.6 Å². The van der Waals surface area contributed by atoms with Gasteiger partial charge in [-0.25, -0.2) is 0 Å². The maximum absolute atomic E-state index is 13.3. The summed E-state index contributed by atoms with van der Waals surface area (Å²) in [7, 11) is 0. The van der Waals surface area contributed by atoms with Crippen molar-refractivity contribution in [2.24, 2.45) is 5.92 Å². The molecule has 6 heteroatoms. The zero-order valence-electron chi connectivity index (χ0n) is 15.2. The number of aromatic nitrogens is 1. The van der Waals surface area contributed by atoms with Crippen LogP contribution >= 0.6 is 0 Å². The molecule has 1 aliphatic rings. The Labute approximate surface area is 161 Å². The van der Waals surface area contributed by atoms with Crippen molar-refractivity contribution in [3.8, 4) is 0 Å². The van der Waals surface area contributed by atoms with Gasteiger partial charge in [0.1, 0.15) is 0 Å². The summed E-state index contributed by atoms with van der Waals surface area (Å²) in [5.74, 6) is -1.27. The van der Waals surface area contributed by atoms with Gasteiger partial charge in [-0.3, -0.25) is 14.4 Å². The van der Waals surface area contributed by atoms with Crippen LogP contribution in [0, 0.1) is 5.92 Å². The van der Waals surface area contributed by atoms with Crippen LogP contribution in [-0.2, 0) is 14.3 Å². The summed E-state index contributed by atoms with van der Waals surface area (Å²) in [6, 6.07) is 16.5. The standard InChI is InChI=1S/C22H20N2O4/c25-19-11-10-15(12-24-19)22(27)28-21(14-6-2-1-3-7-14)20(26)17-13-23-18-9-5-4-8-16(17)18/h1-9,13,15,21,23H,10-12H2,(H,24,25)/t15-,21-/m1/s1. The zero-order chi connectivity index (χ0) is 19.5. The van der Waals surface area contributed by atoms with E-state index < -0.39 is 18.0 Å². The number of amides is 1. The molecule has 2 aromatic carbocycles. The Morgan fingerprint density at radius 3 is 2.54 bits per heavy atom. The lowest BCUT2D eigenvalue weighted by molar-refractivity contribution is -0.153. The maximum atomic E-state index is 13.3. The number of ether oxygens (including phenoxy) is 1. The summed E-state index contributed by atoms with van der Waals surface area (Å²) in [6.07, 6.45) is 1.32. The lowest BCUT2D eigenvalue weighted by Crippen LogP contribution is -2.39. The van der Waals surface area contributed by atoms with Crippen molar-refractivity contribution in [3.05, 3.63) is 71.9 Å². The molecule has 0 bridgehead atoms. The minimum atomic E-state index is -1.04. The van der Waals surface area contributed by atoms with Crippen LogP contribution in [0.15, 0.2) is 60.8 Å². The smallest absolute Gasteiger partial charge is 0.311 e. The molecule has 2 N–H and O–H groups in total. The third-order valence-electron chi connectivity index (χ3n) is 5.03. The number of hydrogen-bond donors (Lipinski definition) is 2.